The molecule has 0 aliphatic heterocycles. The van der Waals surface area contributed by atoms with Crippen molar-refractivity contribution in [2.75, 3.05) is 0 Å². The first-order valence-corrected chi connectivity index (χ1v) is 12.7. The SMILES string of the molecule is CC(C)=C(C)C(=O)n1cc2ccc(-n3c(=O)ccc4cnc5ccc(Cc6ccccc6)cc5c43)cc2c1. The average molecular weight is 498 g/mol. The van der Waals surface area contributed by atoms with Crippen LogP contribution in [0.3, 0.4) is 0 Å². The Bertz CT molecular complexity index is 1960. The summed E-state index contributed by atoms with van der Waals surface area (Å²) in [5.74, 6) is -0.0481. The minimum Gasteiger partial charge on any atom is -0.290 e. The van der Waals surface area contributed by atoms with Crippen molar-refractivity contribution in [3.63, 3.8) is 0 Å². The summed E-state index contributed by atoms with van der Waals surface area (Å²) in [6.07, 6.45) is 6.29. The summed E-state index contributed by atoms with van der Waals surface area (Å²) >= 11 is 0. The van der Waals surface area contributed by atoms with Gasteiger partial charge in [-0.05, 0) is 68.7 Å². The zero-order chi connectivity index (χ0) is 26.4. The molecule has 0 saturated heterocycles. The number of allylic oxidation sites excluding steroid dienone is 2. The highest BCUT2D eigenvalue weighted by Crippen LogP contribution is 2.28. The Labute approximate surface area is 220 Å². The van der Waals surface area contributed by atoms with E-state index < -0.39 is 0 Å². The summed E-state index contributed by atoms with van der Waals surface area (Å²) in [6, 6.07) is 25.9. The van der Waals surface area contributed by atoms with Gasteiger partial charge in [0.1, 0.15) is 0 Å². The number of carbonyl (C=O) groups is 1. The fourth-order valence-electron chi connectivity index (χ4n) is 4.95. The second-order valence-corrected chi connectivity index (χ2v) is 9.99. The van der Waals surface area contributed by atoms with Crippen molar-refractivity contribution >= 4 is 38.5 Å². The zero-order valence-electron chi connectivity index (χ0n) is 21.6. The second kappa shape index (κ2) is 9.27. The Morgan fingerprint density at radius 3 is 2.34 bits per heavy atom. The Morgan fingerprint density at radius 2 is 1.55 bits per heavy atom. The molecule has 3 heterocycles. The van der Waals surface area contributed by atoms with E-state index in [-0.39, 0.29) is 11.5 Å². The summed E-state index contributed by atoms with van der Waals surface area (Å²) in [7, 11) is 0. The molecule has 186 valence electrons. The molecule has 6 rings (SSSR count). The lowest BCUT2D eigenvalue weighted by atomic mass is 10.0. The van der Waals surface area contributed by atoms with E-state index in [1.807, 2.05) is 87.9 Å². The fraction of sp³-hybridized carbons (Fsp3) is 0.121. The molecular formula is C33H27N3O2. The lowest BCUT2D eigenvalue weighted by Gasteiger charge is -2.13. The number of aromatic nitrogens is 3. The maximum atomic E-state index is 13.3. The number of nitrogens with zero attached hydrogens (tertiary/aromatic N) is 3. The van der Waals surface area contributed by atoms with Crippen LogP contribution in [-0.2, 0) is 6.42 Å². The Morgan fingerprint density at radius 1 is 0.789 bits per heavy atom. The highest BCUT2D eigenvalue weighted by molar-refractivity contribution is 6.04. The van der Waals surface area contributed by atoms with Gasteiger partial charge in [-0.25, -0.2) is 0 Å². The van der Waals surface area contributed by atoms with E-state index in [0.29, 0.717) is 0 Å². The smallest absolute Gasteiger partial charge is 0.257 e. The third kappa shape index (κ3) is 4.12. The fourth-order valence-corrected chi connectivity index (χ4v) is 4.95. The molecule has 0 radical (unpaired) electrons. The van der Waals surface area contributed by atoms with Crippen molar-refractivity contribution in [2.45, 2.75) is 27.2 Å². The quantitative estimate of drug-likeness (QED) is 0.193. The van der Waals surface area contributed by atoms with Crippen LogP contribution in [0.15, 0.2) is 113 Å². The molecule has 3 aromatic heterocycles. The third-order valence-corrected chi connectivity index (χ3v) is 7.22. The highest BCUT2D eigenvalue weighted by Gasteiger charge is 2.14. The number of rotatable bonds is 4. The molecule has 5 nitrogen and oxygen atoms in total. The van der Waals surface area contributed by atoms with Gasteiger partial charge < -0.3 is 0 Å². The number of pyridine rings is 2. The van der Waals surface area contributed by atoms with E-state index in [1.54, 1.807) is 15.2 Å². The number of carbonyl (C=O) groups excluding carboxylic acids is 1. The molecule has 0 fully saturated rings. The van der Waals surface area contributed by atoms with Crippen LogP contribution in [-0.4, -0.2) is 20.0 Å². The summed E-state index contributed by atoms with van der Waals surface area (Å²) < 4.78 is 3.38. The van der Waals surface area contributed by atoms with Gasteiger partial charge in [0.15, 0.2) is 0 Å². The molecule has 0 aliphatic carbocycles. The van der Waals surface area contributed by atoms with Crippen molar-refractivity contribution in [1.82, 2.24) is 14.1 Å². The topological polar surface area (TPSA) is 56.9 Å². The minimum atomic E-state index is -0.117. The highest BCUT2D eigenvalue weighted by atomic mass is 16.2. The molecule has 0 amide bonds. The van der Waals surface area contributed by atoms with Crippen LogP contribution in [0.4, 0.5) is 0 Å². The molecule has 0 unspecified atom stereocenters. The van der Waals surface area contributed by atoms with E-state index in [0.717, 1.165) is 61.4 Å². The van der Waals surface area contributed by atoms with Gasteiger partial charge in [-0.15, -0.1) is 0 Å². The van der Waals surface area contributed by atoms with Crippen molar-refractivity contribution in [3.8, 4) is 5.69 Å². The molecule has 0 N–H and O–H groups in total. The Hall–Kier alpha value is -4.77. The normalized spacial score (nSPS) is 11.3. The monoisotopic (exact) mass is 497 g/mol. The van der Waals surface area contributed by atoms with E-state index >= 15 is 0 Å². The minimum absolute atomic E-state index is 0.0481. The molecule has 0 atom stereocenters. The number of fused-ring (bicyclic) bond motifs is 4. The first-order chi connectivity index (χ1) is 18.4. The molecule has 6 aromatic rings. The van der Waals surface area contributed by atoms with Gasteiger partial charge >= 0.3 is 0 Å². The van der Waals surface area contributed by atoms with Gasteiger partial charge in [-0.1, -0.05) is 48.0 Å². The molecule has 0 saturated carbocycles. The number of hydrogen-bond acceptors (Lipinski definition) is 3. The molecule has 38 heavy (non-hydrogen) atoms. The Balaban J connectivity index is 1.53. The second-order valence-electron chi connectivity index (χ2n) is 9.99. The van der Waals surface area contributed by atoms with Gasteiger partial charge in [0.25, 0.3) is 11.5 Å². The lowest BCUT2D eigenvalue weighted by Crippen LogP contribution is -2.17. The van der Waals surface area contributed by atoms with Crippen LogP contribution >= 0.6 is 0 Å². The maximum absolute atomic E-state index is 13.3. The van der Waals surface area contributed by atoms with Crippen molar-refractivity contribution in [2.24, 2.45) is 0 Å². The maximum Gasteiger partial charge on any atom is 0.257 e. The van der Waals surface area contributed by atoms with Crippen molar-refractivity contribution in [3.05, 3.63) is 130 Å². The van der Waals surface area contributed by atoms with E-state index in [9.17, 15) is 9.59 Å². The van der Waals surface area contributed by atoms with Crippen molar-refractivity contribution < 1.29 is 4.79 Å². The van der Waals surface area contributed by atoms with Crippen molar-refractivity contribution in [1.29, 1.82) is 0 Å². The summed E-state index contributed by atoms with van der Waals surface area (Å²) in [6.45, 7) is 5.71. The molecule has 0 bridgehead atoms. The van der Waals surface area contributed by atoms with Gasteiger partial charge in [-0.2, -0.15) is 0 Å². The lowest BCUT2D eigenvalue weighted by molar-refractivity contribution is 0.0954. The first-order valence-electron chi connectivity index (χ1n) is 12.7. The number of hydrogen-bond donors (Lipinski definition) is 0. The van der Waals surface area contributed by atoms with Crippen LogP contribution in [0.5, 0.6) is 0 Å². The average Bonchev–Trinajstić information content (AvgIpc) is 3.36. The van der Waals surface area contributed by atoms with E-state index in [1.165, 1.54) is 5.56 Å². The van der Waals surface area contributed by atoms with Crippen LogP contribution < -0.4 is 5.56 Å². The zero-order valence-corrected chi connectivity index (χ0v) is 21.6. The van der Waals surface area contributed by atoms with Gasteiger partial charge in [0.05, 0.1) is 11.0 Å². The predicted molar refractivity (Wildman–Crippen MR) is 154 cm³/mol. The predicted octanol–water partition coefficient (Wildman–Crippen LogP) is 7.08. The first kappa shape index (κ1) is 23.6. The number of benzene rings is 3. The third-order valence-electron chi connectivity index (χ3n) is 7.22. The molecule has 0 spiro atoms. The van der Waals surface area contributed by atoms with Crippen LogP contribution in [0.25, 0.3) is 38.3 Å². The molecule has 5 heteroatoms. The van der Waals surface area contributed by atoms with Crippen LogP contribution in [0, 0.1) is 0 Å². The Kier molecular flexibility index (Phi) is 5.76. The summed E-state index contributed by atoms with van der Waals surface area (Å²) in [4.78, 5) is 30.9. The summed E-state index contributed by atoms with van der Waals surface area (Å²) in [5.41, 5.74) is 6.39. The van der Waals surface area contributed by atoms with Gasteiger partial charge in [0, 0.05) is 57.5 Å². The molecule has 0 aliphatic rings. The van der Waals surface area contributed by atoms with Gasteiger partial charge in [0.2, 0.25) is 0 Å². The van der Waals surface area contributed by atoms with Gasteiger partial charge in [-0.3, -0.25) is 23.7 Å². The van der Waals surface area contributed by atoms with Crippen LogP contribution in [0.1, 0.15) is 36.7 Å². The molecule has 3 aromatic carbocycles. The van der Waals surface area contributed by atoms with E-state index in [2.05, 4.69) is 29.2 Å². The summed E-state index contributed by atoms with van der Waals surface area (Å²) in [5, 5.41) is 3.65. The van der Waals surface area contributed by atoms with Crippen LogP contribution in [0.2, 0.25) is 0 Å². The standard InChI is InChI=1S/C33H27N3O2/c1-21(2)22(3)33(38)35-19-26-10-12-28(17-27(26)20-35)36-31(37)14-11-25-18-34-30-13-9-24(16-29(30)32(25)36)15-23-7-5-4-6-8-23/h4-14,16-20H,15H2,1-3H3. The van der Waals surface area contributed by atoms with E-state index in [4.69, 9.17) is 0 Å². The largest absolute Gasteiger partial charge is 0.290 e. The molecular weight excluding hydrogens is 470 g/mol.